The lowest BCUT2D eigenvalue weighted by molar-refractivity contribution is -0.152. The maximum Gasteiger partial charge on any atom is 0.309 e. The summed E-state index contributed by atoms with van der Waals surface area (Å²) in [4.78, 5) is 47.5. The van der Waals surface area contributed by atoms with Crippen LogP contribution >= 0.6 is 0 Å². The van der Waals surface area contributed by atoms with Crippen LogP contribution in [0.15, 0.2) is 18.2 Å². The van der Waals surface area contributed by atoms with Gasteiger partial charge < -0.3 is 28.9 Å². The van der Waals surface area contributed by atoms with Gasteiger partial charge in [0, 0.05) is 57.6 Å². The van der Waals surface area contributed by atoms with Crippen molar-refractivity contribution in [3.8, 4) is 5.75 Å². The molecule has 0 N–H and O–H groups in total. The molecule has 0 radical (unpaired) electrons. The van der Waals surface area contributed by atoms with Crippen molar-refractivity contribution in [3.05, 3.63) is 23.8 Å². The molecule has 3 fully saturated rings. The molecule has 1 aromatic carbocycles. The minimum Gasteiger partial charge on any atom is -0.497 e. The molecule has 4 aliphatic heterocycles. The van der Waals surface area contributed by atoms with E-state index < -0.39 is 0 Å². The predicted molar refractivity (Wildman–Crippen MR) is 141 cm³/mol. The number of anilines is 1. The van der Waals surface area contributed by atoms with Crippen molar-refractivity contribution in [1.29, 1.82) is 0 Å². The quantitative estimate of drug-likeness (QED) is 0.506. The average Bonchev–Trinajstić information content (AvgIpc) is 2.96. The number of likely N-dealkylation sites (tertiary alicyclic amines) is 1. The Kier molecular flexibility index (Phi) is 8.38. The lowest BCUT2D eigenvalue weighted by Gasteiger charge is -2.50. The summed E-state index contributed by atoms with van der Waals surface area (Å²) in [7, 11) is 1.67. The molecule has 4 heterocycles. The number of methoxy groups -OCH3 is 1. The lowest BCUT2D eigenvalue weighted by Crippen LogP contribution is -2.62. The first kappa shape index (κ1) is 26.7. The van der Waals surface area contributed by atoms with Gasteiger partial charge in [-0.15, -0.1) is 0 Å². The van der Waals surface area contributed by atoms with E-state index in [9.17, 15) is 14.4 Å². The van der Waals surface area contributed by atoms with Crippen LogP contribution in [0.2, 0.25) is 0 Å². The van der Waals surface area contributed by atoms with E-state index in [1.165, 1.54) is 0 Å². The Morgan fingerprint density at radius 1 is 1.00 bits per heavy atom. The molecule has 2 unspecified atom stereocenters. The van der Waals surface area contributed by atoms with Gasteiger partial charge in [-0.2, -0.15) is 0 Å². The Labute approximate surface area is 224 Å². The molecule has 5 rings (SSSR count). The first-order valence-corrected chi connectivity index (χ1v) is 13.9. The third-order valence-corrected chi connectivity index (χ3v) is 8.48. The highest BCUT2D eigenvalue weighted by Gasteiger charge is 2.44. The molecule has 38 heavy (non-hydrogen) atoms. The number of fused-ring (bicyclic) bond motifs is 3. The minimum absolute atomic E-state index is 0.0314. The molecule has 3 saturated heterocycles. The fourth-order valence-electron chi connectivity index (χ4n) is 6.33. The van der Waals surface area contributed by atoms with Crippen LogP contribution in [0.1, 0.15) is 25.3 Å². The zero-order valence-electron chi connectivity index (χ0n) is 22.6. The number of amides is 2. The highest BCUT2D eigenvalue weighted by atomic mass is 16.5. The zero-order chi connectivity index (χ0) is 26.6. The Balaban J connectivity index is 1.31. The maximum atomic E-state index is 14.0. The van der Waals surface area contributed by atoms with Gasteiger partial charge in [0.15, 0.2) is 0 Å². The molecule has 0 aliphatic carbocycles. The second-order valence-electron chi connectivity index (χ2n) is 10.6. The van der Waals surface area contributed by atoms with E-state index in [0.717, 1.165) is 30.1 Å². The highest BCUT2D eigenvalue weighted by Crippen LogP contribution is 2.39. The van der Waals surface area contributed by atoms with Gasteiger partial charge in [0.1, 0.15) is 5.75 Å². The highest BCUT2D eigenvalue weighted by molar-refractivity contribution is 5.83. The number of hydrogen-bond donors (Lipinski definition) is 0. The molecule has 4 aliphatic rings. The van der Waals surface area contributed by atoms with Crippen molar-refractivity contribution in [3.63, 3.8) is 0 Å². The first-order chi connectivity index (χ1) is 18.5. The fraction of sp³-hybridized carbons (Fsp3) is 0.679. The third kappa shape index (κ3) is 5.61. The fourth-order valence-corrected chi connectivity index (χ4v) is 6.33. The maximum absolute atomic E-state index is 14.0. The van der Waals surface area contributed by atoms with Crippen molar-refractivity contribution < 1.29 is 28.6 Å². The van der Waals surface area contributed by atoms with Crippen molar-refractivity contribution in [2.75, 3.05) is 84.2 Å². The van der Waals surface area contributed by atoms with Crippen molar-refractivity contribution >= 4 is 23.5 Å². The molecule has 208 valence electrons. The molecule has 0 spiro atoms. The Morgan fingerprint density at radius 3 is 2.47 bits per heavy atom. The molecular weight excluding hydrogens is 488 g/mol. The standard InChI is InChI=1S/C28H40N4O6/c1-3-38-28(35)20-6-8-31(9-7-20)27(34)23-16-21-4-5-22(36-2)17-24(21)32-11-10-29(18-25(23)32)19-26(33)30-12-14-37-15-13-30/h4-5,17,20,23,25H,3,6-16,18-19H2,1-2H3. The SMILES string of the molecule is CCOC(=O)C1CCN(C(=O)C2Cc3ccc(OC)cc3N3CCN(CC(=O)N4CCOCC4)CC23)CC1. The van der Waals surface area contributed by atoms with Crippen LogP contribution in [0.4, 0.5) is 5.69 Å². The third-order valence-electron chi connectivity index (χ3n) is 8.48. The normalized spacial score (nSPS) is 24.4. The number of piperazine rings is 1. The number of piperidine rings is 1. The van der Waals surface area contributed by atoms with Crippen LogP contribution in [-0.4, -0.2) is 118 Å². The number of rotatable bonds is 6. The summed E-state index contributed by atoms with van der Waals surface area (Å²) in [6.07, 6.45) is 1.93. The first-order valence-electron chi connectivity index (χ1n) is 13.9. The largest absolute Gasteiger partial charge is 0.497 e. The average molecular weight is 529 g/mol. The monoisotopic (exact) mass is 528 g/mol. The number of benzene rings is 1. The summed E-state index contributed by atoms with van der Waals surface area (Å²) in [6, 6.07) is 6.08. The Morgan fingerprint density at radius 2 is 1.76 bits per heavy atom. The van der Waals surface area contributed by atoms with E-state index in [1.54, 1.807) is 7.11 Å². The number of carbonyl (C=O) groups excluding carboxylic acids is 3. The van der Waals surface area contributed by atoms with Crippen molar-refractivity contribution in [1.82, 2.24) is 14.7 Å². The van der Waals surface area contributed by atoms with Gasteiger partial charge >= 0.3 is 5.97 Å². The van der Waals surface area contributed by atoms with Crippen LogP contribution in [0.25, 0.3) is 0 Å². The van der Waals surface area contributed by atoms with Crippen molar-refractivity contribution in [2.24, 2.45) is 11.8 Å². The Hall–Kier alpha value is -2.85. The van der Waals surface area contributed by atoms with Gasteiger partial charge in [-0.1, -0.05) is 6.07 Å². The molecule has 10 nitrogen and oxygen atoms in total. The number of hydrogen-bond acceptors (Lipinski definition) is 8. The number of ether oxygens (including phenoxy) is 3. The molecule has 2 atom stereocenters. The van der Waals surface area contributed by atoms with E-state index >= 15 is 0 Å². The number of nitrogens with zero attached hydrogens (tertiary/aromatic N) is 4. The van der Waals surface area contributed by atoms with E-state index in [-0.39, 0.29) is 35.7 Å². The summed E-state index contributed by atoms with van der Waals surface area (Å²) in [5.41, 5.74) is 2.28. The van der Waals surface area contributed by atoms with Crippen LogP contribution < -0.4 is 9.64 Å². The van der Waals surface area contributed by atoms with Gasteiger partial charge in [0.25, 0.3) is 0 Å². The van der Waals surface area contributed by atoms with Gasteiger partial charge in [-0.05, 0) is 37.8 Å². The summed E-state index contributed by atoms with van der Waals surface area (Å²) in [5, 5.41) is 0. The predicted octanol–water partition coefficient (Wildman–Crippen LogP) is 1.02. The van der Waals surface area contributed by atoms with Crippen molar-refractivity contribution in [2.45, 2.75) is 32.2 Å². The molecule has 1 aromatic rings. The number of morpholine rings is 1. The summed E-state index contributed by atoms with van der Waals surface area (Å²) in [6.45, 7) is 8.31. The second kappa shape index (κ2) is 11.9. The minimum atomic E-state index is -0.212. The van der Waals surface area contributed by atoms with E-state index in [1.807, 2.05) is 22.8 Å². The molecular formula is C28H40N4O6. The smallest absolute Gasteiger partial charge is 0.309 e. The van der Waals surface area contributed by atoms with E-state index in [2.05, 4.69) is 21.9 Å². The second-order valence-corrected chi connectivity index (χ2v) is 10.6. The molecule has 0 aromatic heterocycles. The van der Waals surface area contributed by atoms with Gasteiger partial charge in [0.2, 0.25) is 11.8 Å². The van der Waals surface area contributed by atoms with Crippen LogP contribution in [0.5, 0.6) is 5.75 Å². The number of carbonyl (C=O) groups is 3. The Bertz CT molecular complexity index is 1020. The van der Waals surface area contributed by atoms with Crippen LogP contribution in [0.3, 0.4) is 0 Å². The van der Waals surface area contributed by atoms with Gasteiger partial charge in [-0.25, -0.2) is 0 Å². The lowest BCUT2D eigenvalue weighted by atomic mass is 9.82. The van der Waals surface area contributed by atoms with Gasteiger partial charge in [0.05, 0.1) is 51.4 Å². The topological polar surface area (TPSA) is 91.9 Å². The molecule has 2 amide bonds. The summed E-state index contributed by atoms with van der Waals surface area (Å²) in [5.74, 6) is 0.578. The van der Waals surface area contributed by atoms with E-state index in [0.29, 0.717) is 78.4 Å². The summed E-state index contributed by atoms with van der Waals surface area (Å²) < 4.78 is 16.1. The van der Waals surface area contributed by atoms with Gasteiger partial charge in [-0.3, -0.25) is 19.3 Å². The molecule has 0 bridgehead atoms. The number of esters is 1. The van der Waals surface area contributed by atoms with Crippen LogP contribution in [0, 0.1) is 11.8 Å². The molecule has 0 saturated carbocycles. The van der Waals surface area contributed by atoms with Crippen LogP contribution in [-0.2, 0) is 30.3 Å². The molecule has 10 heteroatoms. The van der Waals surface area contributed by atoms with E-state index in [4.69, 9.17) is 14.2 Å². The summed E-state index contributed by atoms with van der Waals surface area (Å²) >= 11 is 0. The zero-order valence-corrected chi connectivity index (χ0v) is 22.6.